The van der Waals surface area contributed by atoms with E-state index < -0.39 is 0 Å². The molecule has 0 saturated heterocycles. The van der Waals surface area contributed by atoms with Crippen molar-refractivity contribution in [3.63, 3.8) is 0 Å². The van der Waals surface area contributed by atoms with E-state index in [9.17, 15) is 4.79 Å². The molecule has 4 nitrogen and oxygen atoms in total. The fraction of sp³-hybridized carbons (Fsp3) is 0.538. The van der Waals surface area contributed by atoms with Crippen LogP contribution in [0.1, 0.15) is 43.0 Å². The predicted molar refractivity (Wildman–Crippen MR) is 67.5 cm³/mol. The van der Waals surface area contributed by atoms with E-state index in [-0.39, 0.29) is 11.9 Å². The summed E-state index contributed by atoms with van der Waals surface area (Å²) in [7, 11) is 0. The van der Waals surface area contributed by atoms with Crippen LogP contribution in [0, 0.1) is 5.92 Å². The van der Waals surface area contributed by atoms with Gasteiger partial charge in [-0.25, -0.2) is 0 Å². The lowest BCUT2D eigenvalue weighted by atomic mass is 10.1. The number of carbonyl (C=O) groups is 1. The molecule has 0 aromatic carbocycles. The molecule has 1 amide bonds. The maximum atomic E-state index is 12.0. The zero-order chi connectivity index (χ0) is 12.3. The number of nitrogens with two attached hydrogens (primary N) is 1. The van der Waals surface area contributed by atoms with Gasteiger partial charge in [-0.2, -0.15) is 0 Å². The van der Waals surface area contributed by atoms with Gasteiger partial charge in [0.05, 0.1) is 5.56 Å². The molecule has 1 atom stereocenters. The molecule has 0 spiro atoms. The summed E-state index contributed by atoms with van der Waals surface area (Å²) in [6.45, 7) is 2.10. The van der Waals surface area contributed by atoms with Gasteiger partial charge in [0.25, 0.3) is 5.91 Å². The predicted octanol–water partition coefficient (Wildman–Crippen LogP) is 1.97. The lowest BCUT2D eigenvalue weighted by molar-refractivity contribution is 0.0933. The molecule has 1 unspecified atom stereocenters. The van der Waals surface area contributed by atoms with Crippen molar-refractivity contribution in [3.05, 3.63) is 24.0 Å². The smallest absolute Gasteiger partial charge is 0.255 e. The van der Waals surface area contributed by atoms with Crippen molar-refractivity contribution in [2.75, 3.05) is 5.73 Å². The van der Waals surface area contributed by atoms with Gasteiger partial charge in [0.2, 0.25) is 0 Å². The molecule has 1 heterocycles. The van der Waals surface area contributed by atoms with E-state index in [0.29, 0.717) is 11.3 Å². The summed E-state index contributed by atoms with van der Waals surface area (Å²) >= 11 is 0. The maximum absolute atomic E-state index is 12.0. The van der Waals surface area contributed by atoms with Crippen LogP contribution >= 0.6 is 0 Å². The minimum absolute atomic E-state index is 0.108. The van der Waals surface area contributed by atoms with Gasteiger partial charge in [0.1, 0.15) is 0 Å². The lowest BCUT2D eigenvalue weighted by Crippen LogP contribution is -2.35. The van der Waals surface area contributed by atoms with Crippen molar-refractivity contribution in [2.45, 2.75) is 38.6 Å². The maximum Gasteiger partial charge on any atom is 0.255 e. The molecular weight excluding hydrogens is 214 g/mol. The number of carbonyl (C=O) groups excluding carboxylic acids is 1. The Bertz CT molecular complexity index is 401. The second-order valence-electron chi connectivity index (χ2n) is 4.72. The van der Waals surface area contributed by atoms with Crippen LogP contribution in [0.15, 0.2) is 18.5 Å². The molecule has 1 aromatic rings. The van der Waals surface area contributed by atoms with Crippen molar-refractivity contribution >= 4 is 11.6 Å². The molecule has 1 aliphatic carbocycles. The Morgan fingerprint density at radius 2 is 2.41 bits per heavy atom. The summed E-state index contributed by atoms with van der Waals surface area (Å²) in [5.74, 6) is 0.703. The van der Waals surface area contributed by atoms with Gasteiger partial charge in [-0.05, 0) is 24.8 Å². The summed E-state index contributed by atoms with van der Waals surface area (Å²) in [4.78, 5) is 15.9. The van der Waals surface area contributed by atoms with E-state index in [1.165, 1.54) is 19.0 Å². The van der Waals surface area contributed by atoms with Crippen molar-refractivity contribution in [2.24, 2.45) is 5.92 Å². The van der Waals surface area contributed by atoms with Crippen LogP contribution in [0.25, 0.3) is 0 Å². The average molecular weight is 233 g/mol. The largest absolute Gasteiger partial charge is 0.398 e. The molecule has 1 saturated carbocycles. The third-order valence-corrected chi connectivity index (χ3v) is 3.24. The quantitative estimate of drug-likeness (QED) is 0.817. The molecule has 1 fully saturated rings. The zero-order valence-corrected chi connectivity index (χ0v) is 10.1. The van der Waals surface area contributed by atoms with Crippen LogP contribution in [0.4, 0.5) is 5.69 Å². The van der Waals surface area contributed by atoms with Crippen LogP contribution in [0.3, 0.4) is 0 Å². The van der Waals surface area contributed by atoms with Crippen molar-refractivity contribution in [1.29, 1.82) is 0 Å². The highest BCUT2D eigenvalue weighted by molar-refractivity contribution is 5.98. The standard InChI is InChI=1S/C13H19N3O/c1-2-10(7-9-3-4-9)16-13(17)11-8-15-6-5-12(11)14/h5-6,8-10H,2-4,7H2,1H3,(H2,14,15)(H,16,17). The van der Waals surface area contributed by atoms with Crippen LogP contribution in [-0.2, 0) is 0 Å². The topological polar surface area (TPSA) is 68.0 Å². The highest BCUT2D eigenvalue weighted by atomic mass is 16.1. The first-order valence-electron chi connectivity index (χ1n) is 6.21. The van der Waals surface area contributed by atoms with Gasteiger partial charge in [0, 0.05) is 24.1 Å². The van der Waals surface area contributed by atoms with Gasteiger partial charge in [0.15, 0.2) is 0 Å². The molecule has 3 N–H and O–H groups in total. The number of nitrogen functional groups attached to an aromatic ring is 1. The Labute approximate surface area is 102 Å². The van der Waals surface area contributed by atoms with E-state index in [1.807, 2.05) is 0 Å². The Hall–Kier alpha value is -1.58. The number of anilines is 1. The van der Waals surface area contributed by atoms with Crippen LogP contribution in [0.2, 0.25) is 0 Å². The Kier molecular flexibility index (Phi) is 3.61. The van der Waals surface area contributed by atoms with E-state index in [0.717, 1.165) is 18.8 Å². The van der Waals surface area contributed by atoms with Crippen LogP contribution < -0.4 is 11.1 Å². The molecule has 2 rings (SSSR count). The van der Waals surface area contributed by atoms with Crippen molar-refractivity contribution < 1.29 is 4.79 Å². The molecule has 17 heavy (non-hydrogen) atoms. The van der Waals surface area contributed by atoms with Gasteiger partial charge in [-0.3, -0.25) is 9.78 Å². The fourth-order valence-electron chi connectivity index (χ4n) is 1.94. The van der Waals surface area contributed by atoms with Crippen molar-refractivity contribution in [3.8, 4) is 0 Å². The second-order valence-corrected chi connectivity index (χ2v) is 4.72. The van der Waals surface area contributed by atoms with E-state index >= 15 is 0 Å². The highest BCUT2D eigenvalue weighted by Crippen LogP contribution is 2.34. The number of aromatic nitrogens is 1. The second kappa shape index (κ2) is 5.17. The van der Waals surface area contributed by atoms with Gasteiger partial charge in [-0.1, -0.05) is 19.8 Å². The summed E-state index contributed by atoms with van der Waals surface area (Å²) in [6, 6.07) is 1.91. The van der Waals surface area contributed by atoms with Gasteiger partial charge in [-0.15, -0.1) is 0 Å². The summed E-state index contributed by atoms with van der Waals surface area (Å²) in [5, 5.41) is 3.04. The van der Waals surface area contributed by atoms with E-state index in [2.05, 4.69) is 17.2 Å². The molecule has 1 aliphatic rings. The number of hydrogen-bond donors (Lipinski definition) is 2. The summed E-state index contributed by atoms with van der Waals surface area (Å²) < 4.78 is 0. The minimum Gasteiger partial charge on any atom is -0.398 e. The first-order valence-corrected chi connectivity index (χ1v) is 6.21. The van der Waals surface area contributed by atoms with Crippen molar-refractivity contribution in [1.82, 2.24) is 10.3 Å². The minimum atomic E-state index is -0.108. The molecule has 92 valence electrons. The molecule has 1 aromatic heterocycles. The van der Waals surface area contributed by atoms with Gasteiger partial charge < -0.3 is 11.1 Å². The Morgan fingerprint density at radius 3 is 3.00 bits per heavy atom. The Morgan fingerprint density at radius 1 is 1.65 bits per heavy atom. The molecule has 0 aliphatic heterocycles. The summed E-state index contributed by atoms with van der Waals surface area (Å²) in [5.41, 5.74) is 6.71. The third-order valence-electron chi connectivity index (χ3n) is 3.24. The monoisotopic (exact) mass is 233 g/mol. The van der Waals surface area contributed by atoms with Crippen LogP contribution in [-0.4, -0.2) is 16.9 Å². The number of nitrogens with one attached hydrogen (secondary N) is 1. The number of rotatable bonds is 5. The highest BCUT2D eigenvalue weighted by Gasteiger charge is 2.25. The Balaban J connectivity index is 1.97. The molecule has 0 bridgehead atoms. The third kappa shape index (κ3) is 3.19. The number of nitrogens with zero attached hydrogens (tertiary/aromatic N) is 1. The first kappa shape index (κ1) is 11.9. The average Bonchev–Trinajstić information content (AvgIpc) is 3.12. The SMILES string of the molecule is CCC(CC1CC1)NC(=O)c1cnccc1N. The number of pyridine rings is 1. The molecule has 0 radical (unpaired) electrons. The molecule has 4 heteroatoms. The lowest BCUT2D eigenvalue weighted by Gasteiger charge is -2.17. The fourth-order valence-corrected chi connectivity index (χ4v) is 1.94. The van der Waals surface area contributed by atoms with Crippen LogP contribution in [0.5, 0.6) is 0 Å². The van der Waals surface area contributed by atoms with Gasteiger partial charge >= 0.3 is 0 Å². The number of amides is 1. The normalized spacial score (nSPS) is 16.5. The number of hydrogen-bond acceptors (Lipinski definition) is 3. The van der Waals surface area contributed by atoms with E-state index in [1.54, 1.807) is 12.3 Å². The molecular formula is C13H19N3O. The summed E-state index contributed by atoms with van der Waals surface area (Å²) in [6.07, 6.45) is 7.77. The zero-order valence-electron chi connectivity index (χ0n) is 10.1. The van der Waals surface area contributed by atoms with E-state index in [4.69, 9.17) is 5.73 Å². The first-order chi connectivity index (χ1) is 8.20.